The summed E-state index contributed by atoms with van der Waals surface area (Å²) in [5.41, 5.74) is 6.22. The molecule has 1 aromatic carbocycles. The topological polar surface area (TPSA) is 64.3 Å². The van der Waals surface area contributed by atoms with Crippen molar-refractivity contribution in [3.63, 3.8) is 0 Å². The predicted octanol–water partition coefficient (Wildman–Crippen LogP) is 3.52. The first-order valence-corrected chi connectivity index (χ1v) is 6.62. The van der Waals surface area contributed by atoms with Gasteiger partial charge >= 0.3 is 6.09 Å². The van der Waals surface area contributed by atoms with Crippen LogP contribution in [0.1, 0.15) is 32.4 Å². The summed E-state index contributed by atoms with van der Waals surface area (Å²) in [6.45, 7) is 5.65. The lowest BCUT2D eigenvalue weighted by molar-refractivity contribution is 0.0524. The van der Waals surface area contributed by atoms with Crippen LogP contribution in [0.4, 0.5) is 4.79 Å². The minimum Gasteiger partial charge on any atom is -0.444 e. The average molecular weight is 305 g/mol. The highest BCUT2D eigenvalue weighted by molar-refractivity contribution is 6.42. The number of nitrogens with one attached hydrogen (secondary N) is 1. The fraction of sp³-hybridized carbons (Fsp3) is 0.462. The molecule has 0 heterocycles. The number of hydrogen-bond acceptors (Lipinski definition) is 3. The molecule has 3 N–H and O–H groups in total. The van der Waals surface area contributed by atoms with E-state index in [9.17, 15) is 4.79 Å². The van der Waals surface area contributed by atoms with Gasteiger partial charge < -0.3 is 15.8 Å². The Bertz CT molecular complexity index is 458. The fourth-order valence-electron chi connectivity index (χ4n) is 1.37. The number of carbonyl (C=O) groups excluding carboxylic acids is 1. The van der Waals surface area contributed by atoms with Gasteiger partial charge in [-0.05, 0) is 38.5 Å². The number of rotatable bonds is 3. The number of ether oxygens (including phenoxy) is 1. The van der Waals surface area contributed by atoms with E-state index in [1.165, 1.54) is 0 Å². The van der Waals surface area contributed by atoms with Crippen molar-refractivity contribution in [1.29, 1.82) is 0 Å². The van der Waals surface area contributed by atoms with Crippen LogP contribution in [0.25, 0.3) is 0 Å². The summed E-state index contributed by atoms with van der Waals surface area (Å²) in [6, 6.07) is 4.76. The van der Waals surface area contributed by atoms with E-state index in [1.807, 2.05) is 0 Å². The van der Waals surface area contributed by atoms with Crippen molar-refractivity contribution in [2.24, 2.45) is 5.73 Å². The van der Waals surface area contributed by atoms with Gasteiger partial charge in [-0.25, -0.2) is 4.79 Å². The molecule has 1 amide bonds. The minimum atomic E-state index is -0.530. The Morgan fingerprint density at radius 3 is 2.53 bits per heavy atom. The van der Waals surface area contributed by atoms with E-state index >= 15 is 0 Å². The smallest absolute Gasteiger partial charge is 0.407 e. The van der Waals surface area contributed by atoms with Gasteiger partial charge in [0.25, 0.3) is 0 Å². The Morgan fingerprint density at radius 1 is 1.37 bits per heavy atom. The second-order valence-electron chi connectivity index (χ2n) is 5.16. The van der Waals surface area contributed by atoms with E-state index in [4.69, 9.17) is 33.7 Å². The van der Waals surface area contributed by atoms with Crippen LogP contribution in [0.5, 0.6) is 0 Å². The molecule has 0 aliphatic carbocycles. The maximum absolute atomic E-state index is 11.5. The molecule has 0 spiro atoms. The molecular formula is C13H18Cl2N2O2. The summed E-state index contributed by atoms with van der Waals surface area (Å²) in [7, 11) is 0. The summed E-state index contributed by atoms with van der Waals surface area (Å²) in [4.78, 5) is 11.5. The second kappa shape index (κ2) is 6.46. The number of alkyl carbamates (subject to hydrolysis) is 1. The molecule has 0 bridgehead atoms. The highest BCUT2D eigenvalue weighted by atomic mass is 35.5. The average Bonchev–Trinajstić information content (AvgIpc) is 2.27. The number of carbonyl (C=O) groups is 1. The summed E-state index contributed by atoms with van der Waals surface area (Å²) in [5.74, 6) is 0. The van der Waals surface area contributed by atoms with Gasteiger partial charge in [-0.1, -0.05) is 29.3 Å². The summed E-state index contributed by atoms with van der Waals surface area (Å²) in [5, 5.41) is 3.52. The van der Waals surface area contributed by atoms with Crippen LogP contribution in [-0.2, 0) is 4.74 Å². The second-order valence-corrected chi connectivity index (χ2v) is 5.98. The molecule has 0 aliphatic heterocycles. The molecular weight excluding hydrogens is 287 g/mol. The van der Waals surface area contributed by atoms with Gasteiger partial charge in [-0.3, -0.25) is 0 Å². The molecule has 6 heteroatoms. The summed E-state index contributed by atoms with van der Waals surface area (Å²) >= 11 is 11.7. The van der Waals surface area contributed by atoms with E-state index in [-0.39, 0.29) is 12.6 Å². The highest BCUT2D eigenvalue weighted by Gasteiger charge is 2.17. The van der Waals surface area contributed by atoms with Gasteiger partial charge in [0.15, 0.2) is 0 Å². The fourth-order valence-corrected chi connectivity index (χ4v) is 1.67. The van der Waals surface area contributed by atoms with Crippen LogP contribution >= 0.6 is 23.2 Å². The van der Waals surface area contributed by atoms with E-state index in [0.717, 1.165) is 5.56 Å². The summed E-state index contributed by atoms with van der Waals surface area (Å²) < 4.78 is 5.11. The van der Waals surface area contributed by atoms with Gasteiger partial charge in [0.1, 0.15) is 5.60 Å². The Hall–Kier alpha value is -0.970. The molecule has 0 saturated heterocycles. The molecule has 106 valence electrons. The maximum atomic E-state index is 11.5. The molecule has 0 aromatic heterocycles. The quantitative estimate of drug-likeness (QED) is 0.898. The molecule has 0 fully saturated rings. The van der Waals surface area contributed by atoms with Crippen LogP contribution in [0, 0.1) is 0 Å². The van der Waals surface area contributed by atoms with E-state index in [0.29, 0.717) is 10.0 Å². The van der Waals surface area contributed by atoms with Crippen LogP contribution in [-0.4, -0.2) is 18.2 Å². The van der Waals surface area contributed by atoms with Gasteiger partial charge in [-0.2, -0.15) is 0 Å². The molecule has 0 saturated carbocycles. The van der Waals surface area contributed by atoms with E-state index in [1.54, 1.807) is 39.0 Å². The van der Waals surface area contributed by atoms with Crippen LogP contribution in [0.3, 0.4) is 0 Å². The molecule has 19 heavy (non-hydrogen) atoms. The Balaban J connectivity index is 2.53. The van der Waals surface area contributed by atoms with E-state index in [2.05, 4.69) is 5.32 Å². The Morgan fingerprint density at radius 2 is 2.00 bits per heavy atom. The lowest BCUT2D eigenvalue weighted by atomic mass is 10.1. The molecule has 1 aromatic rings. The number of halogens is 2. The zero-order valence-electron chi connectivity index (χ0n) is 11.2. The molecule has 0 radical (unpaired) electrons. The van der Waals surface area contributed by atoms with Crippen molar-refractivity contribution in [3.05, 3.63) is 33.8 Å². The monoisotopic (exact) mass is 304 g/mol. The normalized spacial score (nSPS) is 12.9. The third kappa shape index (κ3) is 5.68. The van der Waals surface area contributed by atoms with E-state index < -0.39 is 11.7 Å². The minimum absolute atomic E-state index is 0.257. The van der Waals surface area contributed by atoms with Gasteiger partial charge in [0, 0.05) is 12.6 Å². The molecule has 1 atom stereocenters. The Labute approximate surface area is 123 Å². The summed E-state index contributed by atoms with van der Waals surface area (Å²) in [6.07, 6.45) is -0.497. The largest absolute Gasteiger partial charge is 0.444 e. The molecule has 1 rings (SSSR count). The lowest BCUT2D eigenvalue weighted by Crippen LogP contribution is -2.36. The van der Waals surface area contributed by atoms with Crippen molar-refractivity contribution in [2.75, 3.05) is 6.54 Å². The van der Waals surface area contributed by atoms with Crippen molar-refractivity contribution in [2.45, 2.75) is 32.4 Å². The van der Waals surface area contributed by atoms with Crippen molar-refractivity contribution >= 4 is 29.3 Å². The van der Waals surface area contributed by atoms with Gasteiger partial charge in [-0.15, -0.1) is 0 Å². The number of hydrogen-bond donors (Lipinski definition) is 2. The number of amides is 1. The third-order valence-electron chi connectivity index (χ3n) is 2.24. The van der Waals surface area contributed by atoms with Crippen LogP contribution in [0.2, 0.25) is 10.0 Å². The van der Waals surface area contributed by atoms with Crippen molar-refractivity contribution in [1.82, 2.24) is 5.32 Å². The third-order valence-corrected chi connectivity index (χ3v) is 2.98. The zero-order valence-corrected chi connectivity index (χ0v) is 12.7. The standard InChI is InChI=1S/C13H18Cl2N2O2/c1-13(2,3)19-12(18)17-7-11(16)8-4-5-9(14)10(15)6-8/h4-6,11H,7,16H2,1-3H3,(H,17,18). The molecule has 1 unspecified atom stereocenters. The van der Waals surface area contributed by atoms with Crippen molar-refractivity contribution in [3.8, 4) is 0 Å². The number of nitrogens with two attached hydrogens (primary N) is 1. The highest BCUT2D eigenvalue weighted by Crippen LogP contribution is 2.24. The SMILES string of the molecule is CC(C)(C)OC(=O)NCC(N)c1ccc(Cl)c(Cl)c1. The molecule has 4 nitrogen and oxygen atoms in total. The van der Waals surface area contributed by atoms with Gasteiger partial charge in [0.05, 0.1) is 10.0 Å². The first-order valence-electron chi connectivity index (χ1n) is 5.86. The Kier molecular flexibility index (Phi) is 5.47. The first kappa shape index (κ1) is 16.1. The number of benzene rings is 1. The van der Waals surface area contributed by atoms with Crippen LogP contribution in [0.15, 0.2) is 18.2 Å². The molecule has 0 aliphatic rings. The zero-order chi connectivity index (χ0) is 14.6. The van der Waals surface area contributed by atoms with Gasteiger partial charge in [0.2, 0.25) is 0 Å². The predicted molar refractivity (Wildman–Crippen MR) is 77.6 cm³/mol. The first-order chi connectivity index (χ1) is 8.69. The lowest BCUT2D eigenvalue weighted by Gasteiger charge is -2.21. The van der Waals surface area contributed by atoms with Crippen LogP contribution < -0.4 is 11.1 Å². The van der Waals surface area contributed by atoms with Crippen molar-refractivity contribution < 1.29 is 9.53 Å². The maximum Gasteiger partial charge on any atom is 0.407 e.